The van der Waals surface area contributed by atoms with Gasteiger partial charge in [0.2, 0.25) is 0 Å². The maximum atomic E-state index is 10.8. The molecule has 0 aliphatic carbocycles. The molecule has 4 N–H and O–H groups in total. The number of phenols is 1. The number of carbonyl (C=O) groups is 1. The Labute approximate surface area is 223 Å². The highest BCUT2D eigenvalue weighted by atomic mass is 35.5. The molecule has 0 aliphatic rings. The van der Waals surface area contributed by atoms with Crippen molar-refractivity contribution in [3.63, 3.8) is 0 Å². The summed E-state index contributed by atoms with van der Waals surface area (Å²) >= 11 is 12.0. The lowest BCUT2D eigenvalue weighted by Crippen LogP contribution is -2.38. The average Bonchev–Trinajstić information content (AvgIpc) is 2.81. The number of aliphatic hydroxyl groups is 1. The molecule has 8 heteroatoms. The molecule has 0 bridgehead atoms. The molecule has 0 amide bonds. The number of anilines is 2. The minimum Gasteiger partial charge on any atom is -0.508 e. The van der Waals surface area contributed by atoms with E-state index in [-0.39, 0.29) is 18.1 Å². The van der Waals surface area contributed by atoms with Gasteiger partial charge >= 0.3 is 5.97 Å². The lowest BCUT2D eigenvalue weighted by Gasteiger charge is -2.35. The van der Waals surface area contributed by atoms with Crippen molar-refractivity contribution in [1.29, 1.82) is 0 Å². The van der Waals surface area contributed by atoms with E-state index < -0.39 is 11.6 Å². The number of halogens is 2. The fourth-order valence-corrected chi connectivity index (χ4v) is 4.35. The molecule has 0 unspecified atom stereocenters. The first-order valence-electron chi connectivity index (χ1n) is 11.6. The van der Waals surface area contributed by atoms with Crippen molar-refractivity contribution in [3.05, 3.63) is 87.9 Å². The Balaban J connectivity index is 0.000000255. The van der Waals surface area contributed by atoms with Crippen LogP contribution >= 0.6 is 23.2 Å². The minimum atomic E-state index is -0.886. The van der Waals surface area contributed by atoms with E-state index in [1.54, 1.807) is 54.6 Å². The summed E-state index contributed by atoms with van der Waals surface area (Å²) in [7, 11) is 3.99. The van der Waals surface area contributed by atoms with Gasteiger partial charge in [0.25, 0.3) is 0 Å². The SMILES string of the molecule is CC[C@](O)(c1cccc(O)c1)[C@H](C)CN(C)C.O=C(O)Cc1ccccc1Nc1cc(Cl)ccc1Cl. The third kappa shape index (κ3) is 8.42. The third-order valence-corrected chi connectivity index (χ3v) is 6.46. The Kier molecular flexibility index (Phi) is 11.1. The lowest BCUT2D eigenvalue weighted by molar-refractivity contribution is -0.136. The summed E-state index contributed by atoms with van der Waals surface area (Å²) in [5.74, 6) is -0.581. The van der Waals surface area contributed by atoms with Crippen molar-refractivity contribution in [2.24, 2.45) is 5.92 Å². The molecule has 3 aromatic rings. The summed E-state index contributed by atoms with van der Waals surface area (Å²) in [5, 5.41) is 33.4. The topological polar surface area (TPSA) is 93.0 Å². The number of nitrogens with zero attached hydrogens (tertiary/aromatic N) is 1. The van der Waals surface area contributed by atoms with Gasteiger partial charge in [0.1, 0.15) is 5.75 Å². The molecule has 0 saturated carbocycles. The summed E-state index contributed by atoms with van der Waals surface area (Å²) < 4.78 is 0. The molecule has 0 radical (unpaired) electrons. The van der Waals surface area contributed by atoms with Gasteiger partial charge < -0.3 is 25.5 Å². The number of rotatable bonds is 9. The number of carboxylic acid groups (broad SMARTS) is 1. The standard InChI is InChI=1S/C14H11Cl2NO2.C14H23NO2/c15-10-5-6-11(16)13(8-10)17-12-4-2-1-3-9(12)7-14(18)19;1-5-14(17,11(2)10-15(3)4)12-7-6-8-13(16)9-12/h1-6,8,17H,7H2,(H,18,19);6-9,11,16-17H,5,10H2,1-4H3/t;11-,14-/m.1/s1. The van der Waals surface area contributed by atoms with Crippen LogP contribution in [0.5, 0.6) is 5.75 Å². The second kappa shape index (κ2) is 13.5. The molecule has 0 aromatic heterocycles. The van der Waals surface area contributed by atoms with Crippen molar-refractivity contribution in [2.75, 3.05) is 26.0 Å². The van der Waals surface area contributed by atoms with Crippen LogP contribution in [0.4, 0.5) is 11.4 Å². The maximum absolute atomic E-state index is 10.8. The number of para-hydroxylation sites is 1. The molecule has 3 rings (SSSR count). The van der Waals surface area contributed by atoms with E-state index in [0.717, 1.165) is 12.1 Å². The van der Waals surface area contributed by atoms with Gasteiger partial charge in [-0.05, 0) is 68.0 Å². The van der Waals surface area contributed by atoms with Gasteiger partial charge in [0, 0.05) is 23.2 Å². The largest absolute Gasteiger partial charge is 0.508 e. The van der Waals surface area contributed by atoms with E-state index in [1.807, 2.05) is 40.1 Å². The fraction of sp³-hybridized carbons (Fsp3) is 0.321. The zero-order chi connectivity index (χ0) is 26.9. The summed E-state index contributed by atoms with van der Waals surface area (Å²) in [4.78, 5) is 12.9. The van der Waals surface area contributed by atoms with Gasteiger partial charge in [0.15, 0.2) is 0 Å². The molecule has 2 atom stereocenters. The van der Waals surface area contributed by atoms with E-state index in [4.69, 9.17) is 28.3 Å². The first-order chi connectivity index (χ1) is 17.0. The second-order valence-electron chi connectivity index (χ2n) is 8.97. The Hall–Kier alpha value is -2.77. The number of hydrogen-bond donors (Lipinski definition) is 4. The number of carboxylic acids is 1. The highest BCUT2D eigenvalue weighted by Crippen LogP contribution is 2.35. The zero-order valence-corrected chi connectivity index (χ0v) is 22.5. The van der Waals surface area contributed by atoms with Crippen LogP contribution in [-0.2, 0) is 16.8 Å². The van der Waals surface area contributed by atoms with Crippen molar-refractivity contribution in [3.8, 4) is 5.75 Å². The summed E-state index contributed by atoms with van der Waals surface area (Å²) in [6, 6.07) is 19.2. The Morgan fingerprint density at radius 2 is 1.72 bits per heavy atom. The number of nitrogens with one attached hydrogen (secondary N) is 1. The molecule has 36 heavy (non-hydrogen) atoms. The molecule has 0 fully saturated rings. The van der Waals surface area contributed by atoms with E-state index in [2.05, 4.69) is 10.2 Å². The molecular formula is C28H34Cl2N2O4. The fourth-order valence-electron chi connectivity index (χ4n) is 4.01. The van der Waals surface area contributed by atoms with Crippen LogP contribution in [0.2, 0.25) is 10.0 Å². The first-order valence-corrected chi connectivity index (χ1v) is 12.4. The van der Waals surface area contributed by atoms with Crippen LogP contribution in [0.15, 0.2) is 66.7 Å². The minimum absolute atomic E-state index is 0.0542. The highest BCUT2D eigenvalue weighted by molar-refractivity contribution is 6.35. The molecule has 6 nitrogen and oxygen atoms in total. The summed E-state index contributed by atoms with van der Waals surface area (Å²) in [5.41, 5.74) is 1.93. The normalized spacial score (nSPS) is 13.3. The number of hydrogen-bond acceptors (Lipinski definition) is 5. The molecule has 3 aromatic carbocycles. The second-order valence-corrected chi connectivity index (χ2v) is 9.81. The summed E-state index contributed by atoms with van der Waals surface area (Å²) in [6.45, 7) is 4.81. The molecule has 0 spiro atoms. The number of phenolic OH excluding ortho intramolecular Hbond substituents is 1. The van der Waals surface area contributed by atoms with Gasteiger partial charge in [-0.15, -0.1) is 0 Å². The van der Waals surface area contributed by atoms with Crippen molar-refractivity contribution >= 4 is 40.5 Å². The van der Waals surface area contributed by atoms with Gasteiger partial charge in [0.05, 0.1) is 22.7 Å². The monoisotopic (exact) mass is 532 g/mol. The molecule has 194 valence electrons. The Bertz CT molecular complexity index is 1160. The maximum Gasteiger partial charge on any atom is 0.307 e. The van der Waals surface area contributed by atoms with Crippen molar-refractivity contribution in [1.82, 2.24) is 4.90 Å². The predicted octanol–water partition coefficient (Wildman–Crippen LogP) is 6.55. The molecular weight excluding hydrogens is 499 g/mol. The number of benzene rings is 3. The van der Waals surface area contributed by atoms with E-state index in [9.17, 15) is 15.0 Å². The van der Waals surface area contributed by atoms with Crippen LogP contribution in [0.1, 0.15) is 31.4 Å². The Morgan fingerprint density at radius 1 is 1.03 bits per heavy atom. The van der Waals surface area contributed by atoms with Crippen molar-refractivity contribution in [2.45, 2.75) is 32.3 Å². The average molecular weight is 533 g/mol. The first kappa shape index (κ1) is 29.5. The smallest absolute Gasteiger partial charge is 0.307 e. The van der Waals surface area contributed by atoms with Crippen LogP contribution in [0.3, 0.4) is 0 Å². The van der Waals surface area contributed by atoms with Gasteiger partial charge in [-0.3, -0.25) is 4.79 Å². The van der Waals surface area contributed by atoms with Crippen LogP contribution in [0.25, 0.3) is 0 Å². The number of aromatic hydroxyl groups is 1. The van der Waals surface area contributed by atoms with Gasteiger partial charge in [-0.2, -0.15) is 0 Å². The van der Waals surface area contributed by atoms with Crippen LogP contribution < -0.4 is 5.32 Å². The van der Waals surface area contributed by atoms with Gasteiger partial charge in [-0.25, -0.2) is 0 Å². The molecule has 0 heterocycles. The molecule has 0 saturated heterocycles. The third-order valence-electron chi connectivity index (χ3n) is 5.90. The summed E-state index contributed by atoms with van der Waals surface area (Å²) in [6.07, 6.45) is 0.576. The molecule has 0 aliphatic heterocycles. The van der Waals surface area contributed by atoms with E-state index in [1.165, 1.54) is 0 Å². The highest BCUT2D eigenvalue weighted by Gasteiger charge is 2.34. The van der Waals surface area contributed by atoms with Crippen LogP contribution in [0, 0.1) is 5.92 Å². The predicted molar refractivity (Wildman–Crippen MR) is 148 cm³/mol. The van der Waals surface area contributed by atoms with E-state index in [0.29, 0.717) is 33.4 Å². The number of aliphatic carboxylic acids is 1. The lowest BCUT2D eigenvalue weighted by atomic mass is 9.80. The van der Waals surface area contributed by atoms with Crippen LogP contribution in [-0.4, -0.2) is 46.8 Å². The van der Waals surface area contributed by atoms with Gasteiger partial charge in [-0.1, -0.05) is 67.4 Å². The van der Waals surface area contributed by atoms with Crippen molar-refractivity contribution < 1.29 is 20.1 Å². The van der Waals surface area contributed by atoms with E-state index >= 15 is 0 Å². The zero-order valence-electron chi connectivity index (χ0n) is 21.0. The quantitative estimate of drug-likeness (QED) is 0.249. The Morgan fingerprint density at radius 3 is 2.33 bits per heavy atom.